The Hall–Kier alpha value is -2.50. The standard InChI is InChI=1S/C20H25N3O3/c1-13-11-21-22(12-13)16-8-14-4-5-15(9-16)23(14)20(24)18-7-6-17(25-2)10-19(18)26-3/h6-7,10-12,14-16H,4-5,8-9H2,1-3H3. The third-order valence-corrected chi connectivity index (χ3v) is 5.69. The summed E-state index contributed by atoms with van der Waals surface area (Å²) in [5, 5.41) is 4.49. The zero-order chi connectivity index (χ0) is 18.3. The van der Waals surface area contributed by atoms with Crippen molar-refractivity contribution >= 4 is 5.91 Å². The number of hydrogen-bond acceptors (Lipinski definition) is 4. The molecular weight excluding hydrogens is 330 g/mol. The van der Waals surface area contributed by atoms with E-state index in [2.05, 4.69) is 27.8 Å². The zero-order valence-corrected chi connectivity index (χ0v) is 15.5. The first-order valence-corrected chi connectivity index (χ1v) is 9.16. The van der Waals surface area contributed by atoms with Crippen LogP contribution < -0.4 is 9.47 Å². The molecule has 2 fully saturated rings. The van der Waals surface area contributed by atoms with Gasteiger partial charge in [0.25, 0.3) is 5.91 Å². The largest absolute Gasteiger partial charge is 0.497 e. The van der Waals surface area contributed by atoms with Crippen molar-refractivity contribution in [1.29, 1.82) is 0 Å². The highest BCUT2D eigenvalue weighted by Gasteiger charge is 2.44. The number of fused-ring (bicyclic) bond motifs is 2. The fraction of sp³-hybridized carbons (Fsp3) is 0.500. The molecule has 0 N–H and O–H groups in total. The number of carbonyl (C=O) groups excluding carboxylic acids is 1. The molecule has 3 heterocycles. The molecule has 1 aromatic heterocycles. The van der Waals surface area contributed by atoms with E-state index in [4.69, 9.17) is 9.47 Å². The summed E-state index contributed by atoms with van der Waals surface area (Å²) >= 11 is 0. The average molecular weight is 355 g/mol. The molecule has 26 heavy (non-hydrogen) atoms. The van der Waals surface area contributed by atoms with Gasteiger partial charge in [-0.05, 0) is 50.3 Å². The maximum atomic E-state index is 13.3. The Bertz CT molecular complexity index is 802. The van der Waals surface area contributed by atoms with E-state index in [1.807, 2.05) is 18.3 Å². The maximum absolute atomic E-state index is 13.3. The van der Waals surface area contributed by atoms with Crippen LogP contribution in [0.4, 0.5) is 0 Å². The first kappa shape index (κ1) is 16.9. The summed E-state index contributed by atoms with van der Waals surface area (Å²) in [4.78, 5) is 15.4. The molecule has 0 radical (unpaired) electrons. The van der Waals surface area contributed by atoms with Crippen molar-refractivity contribution in [2.24, 2.45) is 0 Å². The second kappa shape index (κ2) is 6.67. The topological polar surface area (TPSA) is 56.6 Å². The van der Waals surface area contributed by atoms with Gasteiger partial charge in [0.2, 0.25) is 0 Å². The van der Waals surface area contributed by atoms with Crippen LogP contribution in [0, 0.1) is 6.92 Å². The van der Waals surface area contributed by atoms with Crippen LogP contribution in [0.3, 0.4) is 0 Å². The number of hydrogen-bond donors (Lipinski definition) is 0. The number of nitrogens with zero attached hydrogens (tertiary/aromatic N) is 3. The molecule has 0 aliphatic carbocycles. The van der Waals surface area contributed by atoms with Gasteiger partial charge in [0, 0.05) is 24.3 Å². The third kappa shape index (κ3) is 2.83. The molecule has 2 aliphatic rings. The molecule has 1 amide bonds. The molecule has 0 saturated carbocycles. The number of aromatic nitrogens is 2. The highest BCUT2D eigenvalue weighted by Crippen LogP contribution is 2.42. The first-order valence-electron chi connectivity index (χ1n) is 9.16. The van der Waals surface area contributed by atoms with E-state index in [1.165, 1.54) is 5.56 Å². The third-order valence-electron chi connectivity index (χ3n) is 5.69. The van der Waals surface area contributed by atoms with Gasteiger partial charge in [-0.15, -0.1) is 0 Å². The Kier molecular flexibility index (Phi) is 4.34. The van der Waals surface area contributed by atoms with Crippen LogP contribution in [-0.4, -0.2) is 46.9 Å². The Morgan fingerprint density at radius 1 is 1.12 bits per heavy atom. The summed E-state index contributed by atoms with van der Waals surface area (Å²) in [6, 6.07) is 6.31. The maximum Gasteiger partial charge on any atom is 0.258 e. The van der Waals surface area contributed by atoms with Crippen molar-refractivity contribution in [3.8, 4) is 11.5 Å². The SMILES string of the molecule is COc1ccc(C(=O)N2C3CCC2CC(n2cc(C)cn2)C3)c(OC)c1. The van der Waals surface area contributed by atoms with Crippen LogP contribution >= 0.6 is 0 Å². The lowest BCUT2D eigenvalue weighted by Gasteiger charge is -2.39. The smallest absolute Gasteiger partial charge is 0.258 e. The summed E-state index contributed by atoms with van der Waals surface area (Å²) in [5.74, 6) is 1.32. The van der Waals surface area contributed by atoms with E-state index in [9.17, 15) is 4.79 Å². The molecule has 4 rings (SSSR count). The fourth-order valence-corrected chi connectivity index (χ4v) is 4.44. The lowest BCUT2D eigenvalue weighted by atomic mass is 9.96. The number of carbonyl (C=O) groups is 1. The summed E-state index contributed by atoms with van der Waals surface area (Å²) in [5.41, 5.74) is 1.79. The molecule has 6 heteroatoms. The van der Waals surface area contributed by atoms with E-state index in [0.717, 1.165) is 25.7 Å². The van der Waals surface area contributed by atoms with Gasteiger partial charge in [0.1, 0.15) is 11.5 Å². The number of piperidine rings is 1. The number of amides is 1. The number of methoxy groups -OCH3 is 2. The lowest BCUT2D eigenvalue weighted by Crippen LogP contribution is -2.47. The zero-order valence-electron chi connectivity index (χ0n) is 15.5. The summed E-state index contributed by atoms with van der Waals surface area (Å²) in [6.07, 6.45) is 8.05. The van der Waals surface area contributed by atoms with Gasteiger partial charge in [-0.3, -0.25) is 9.48 Å². The minimum atomic E-state index is 0.0621. The highest BCUT2D eigenvalue weighted by atomic mass is 16.5. The quantitative estimate of drug-likeness (QED) is 0.845. The van der Waals surface area contributed by atoms with Crippen molar-refractivity contribution in [3.63, 3.8) is 0 Å². The molecule has 2 atom stereocenters. The molecule has 2 saturated heterocycles. The Morgan fingerprint density at radius 2 is 1.85 bits per heavy atom. The summed E-state index contributed by atoms with van der Waals surface area (Å²) < 4.78 is 12.8. The van der Waals surface area contributed by atoms with Gasteiger partial charge in [-0.1, -0.05) is 0 Å². The van der Waals surface area contributed by atoms with Gasteiger partial charge in [-0.25, -0.2) is 0 Å². The Balaban J connectivity index is 1.57. The predicted octanol–water partition coefficient (Wildman–Crippen LogP) is 3.22. The molecule has 1 aromatic carbocycles. The second-order valence-electron chi connectivity index (χ2n) is 7.29. The van der Waals surface area contributed by atoms with Crippen molar-refractivity contribution in [1.82, 2.24) is 14.7 Å². The van der Waals surface area contributed by atoms with E-state index >= 15 is 0 Å². The highest BCUT2D eigenvalue weighted by molar-refractivity contribution is 5.97. The van der Waals surface area contributed by atoms with Crippen LogP contribution in [0.5, 0.6) is 11.5 Å². The molecule has 2 aromatic rings. The van der Waals surface area contributed by atoms with Crippen molar-refractivity contribution < 1.29 is 14.3 Å². The van der Waals surface area contributed by atoms with Crippen LogP contribution in [0.1, 0.15) is 47.6 Å². The van der Waals surface area contributed by atoms with Gasteiger partial charge < -0.3 is 14.4 Å². The monoisotopic (exact) mass is 355 g/mol. The number of ether oxygens (including phenoxy) is 2. The Morgan fingerprint density at radius 3 is 2.42 bits per heavy atom. The minimum absolute atomic E-state index is 0.0621. The molecule has 2 aliphatic heterocycles. The van der Waals surface area contributed by atoms with Gasteiger partial charge in [0.05, 0.1) is 32.0 Å². The number of aryl methyl sites for hydroxylation is 1. The molecule has 138 valence electrons. The lowest BCUT2D eigenvalue weighted by molar-refractivity contribution is 0.0521. The van der Waals surface area contributed by atoms with E-state index in [1.54, 1.807) is 20.3 Å². The molecule has 0 spiro atoms. The fourth-order valence-electron chi connectivity index (χ4n) is 4.44. The first-order chi connectivity index (χ1) is 12.6. The van der Waals surface area contributed by atoms with Crippen LogP contribution in [-0.2, 0) is 0 Å². The van der Waals surface area contributed by atoms with E-state index in [0.29, 0.717) is 23.1 Å². The number of rotatable bonds is 4. The number of benzene rings is 1. The molecular formula is C20H25N3O3. The minimum Gasteiger partial charge on any atom is -0.497 e. The van der Waals surface area contributed by atoms with Gasteiger partial charge in [-0.2, -0.15) is 5.10 Å². The van der Waals surface area contributed by atoms with Crippen LogP contribution in [0.25, 0.3) is 0 Å². The van der Waals surface area contributed by atoms with Crippen LogP contribution in [0.15, 0.2) is 30.6 Å². The Labute approximate surface area is 153 Å². The van der Waals surface area contributed by atoms with Crippen molar-refractivity contribution in [2.45, 2.75) is 50.7 Å². The van der Waals surface area contributed by atoms with Crippen LogP contribution in [0.2, 0.25) is 0 Å². The van der Waals surface area contributed by atoms with E-state index < -0.39 is 0 Å². The van der Waals surface area contributed by atoms with Crippen molar-refractivity contribution in [2.75, 3.05) is 14.2 Å². The second-order valence-corrected chi connectivity index (χ2v) is 7.29. The molecule has 6 nitrogen and oxygen atoms in total. The average Bonchev–Trinajstić information content (AvgIpc) is 3.21. The van der Waals surface area contributed by atoms with Gasteiger partial charge >= 0.3 is 0 Å². The van der Waals surface area contributed by atoms with Crippen molar-refractivity contribution in [3.05, 3.63) is 41.7 Å². The summed E-state index contributed by atoms with van der Waals surface area (Å²) in [6.45, 7) is 2.06. The molecule has 2 bridgehead atoms. The summed E-state index contributed by atoms with van der Waals surface area (Å²) in [7, 11) is 3.20. The normalized spacial score (nSPS) is 24.6. The van der Waals surface area contributed by atoms with E-state index in [-0.39, 0.29) is 18.0 Å². The predicted molar refractivity (Wildman–Crippen MR) is 97.8 cm³/mol. The van der Waals surface area contributed by atoms with Gasteiger partial charge in [0.15, 0.2) is 0 Å². The molecule has 2 unspecified atom stereocenters.